The first-order valence-corrected chi connectivity index (χ1v) is 5.30. The van der Waals surface area contributed by atoms with E-state index in [0.717, 1.165) is 0 Å². The standard InChI is InChI=1S/C10H15ClN2O2/c1-4-15-10(14)9(7(2)3)13-6-8(11)5-12-13/h5-7,9H,4H2,1-3H3. The predicted molar refractivity (Wildman–Crippen MR) is 57.7 cm³/mol. The van der Waals surface area contributed by atoms with Crippen LogP contribution in [0.2, 0.25) is 5.02 Å². The Balaban J connectivity index is 2.88. The molecule has 1 aromatic heterocycles. The number of aromatic nitrogens is 2. The number of carbonyl (C=O) groups excluding carboxylic acids is 1. The molecule has 0 bridgehead atoms. The number of ether oxygens (including phenoxy) is 1. The summed E-state index contributed by atoms with van der Waals surface area (Å²) in [6, 6.07) is -0.405. The molecule has 0 aliphatic rings. The molecule has 1 aromatic rings. The molecule has 5 heteroatoms. The third-order valence-corrected chi connectivity index (χ3v) is 2.21. The molecule has 4 nitrogen and oxygen atoms in total. The molecule has 0 N–H and O–H groups in total. The highest BCUT2D eigenvalue weighted by atomic mass is 35.5. The van der Waals surface area contributed by atoms with Gasteiger partial charge in [0.2, 0.25) is 0 Å². The van der Waals surface area contributed by atoms with Gasteiger partial charge in [-0.1, -0.05) is 25.4 Å². The number of rotatable bonds is 4. The summed E-state index contributed by atoms with van der Waals surface area (Å²) in [5.41, 5.74) is 0. The molecular formula is C10H15ClN2O2. The summed E-state index contributed by atoms with van der Waals surface area (Å²) in [7, 11) is 0. The highest BCUT2D eigenvalue weighted by molar-refractivity contribution is 6.30. The monoisotopic (exact) mass is 230 g/mol. The van der Waals surface area contributed by atoms with Crippen molar-refractivity contribution in [1.29, 1.82) is 0 Å². The summed E-state index contributed by atoms with van der Waals surface area (Å²) in [4.78, 5) is 11.7. The summed E-state index contributed by atoms with van der Waals surface area (Å²) in [6.07, 6.45) is 3.14. The molecule has 1 rings (SSSR count). The summed E-state index contributed by atoms with van der Waals surface area (Å²) < 4.78 is 6.53. The van der Waals surface area contributed by atoms with Gasteiger partial charge in [0.15, 0.2) is 6.04 Å². The lowest BCUT2D eigenvalue weighted by atomic mass is 10.1. The second kappa shape index (κ2) is 5.16. The van der Waals surface area contributed by atoms with E-state index in [0.29, 0.717) is 11.6 Å². The Kier molecular flexibility index (Phi) is 4.15. The van der Waals surface area contributed by atoms with Crippen molar-refractivity contribution in [2.75, 3.05) is 6.61 Å². The largest absolute Gasteiger partial charge is 0.464 e. The Morgan fingerprint density at radius 2 is 2.33 bits per heavy atom. The molecule has 0 aliphatic heterocycles. The molecule has 0 saturated heterocycles. The zero-order valence-electron chi connectivity index (χ0n) is 9.11. The van der Waals surface area contributed by atoms with Gasteiger partial charge in [-0.25, -0.2) is 4.79 Å². The van der Waals surface area contributed by atoms with E-state index in [9.17, 15) is 4.79 Å². The van der Waals surface area contributed by atoms with Crippen molar-refractivity contribution in [1.82, 2.24) is 9.78 Å². The molecule has 0 fully saturated rings. The normalized spacial score (nSPS) is 12.9. The maximum absolute atomic E-state index is 11.7. The number of hydrogen-bond donors (Lipinski definition) is 0. The maximum atomic E-state index is 11.7. The molecule has 0 aliphatic carbocycles. The van der Waals surface area contributed by atoms with Crippen molar-refractivity contribution in [3.63, 3.8) is 0 Å². The van der Waals surface area contributed by atoms with Crippen LogP contribution in [-0.2, 0) is 9.53 Å². The van der Waals surface area contributed by atoms with Crippen LogP contribution in [0.5, 0.6) is 0 Å². The van der Waals surface area contributed by atoms with E-state index in [1.807, 2.05) is 13.8 Å². The van der Waals surface area contributed by atoms with Crippen LogP contribution in [0.1, 0.15) is 26.8 Å². The molecule has 84 valence electrons. The van der Waals surface area contributed by atoms with Gasteiger partial charge in [-0.2, -0.15) is 5.10 Å². The van der Waals surface area contributed by atoms with Crippen LogP contribution in [0.25, 0.3) is 0 Å². The van der Waals surface area contributed by atoms with Crippen LogP contribution in [0.3, 0.4) is 0 Å². The van der Waals surface area contributed by atoms with Crippen molar-refractivity contribution in [2.45, 2.75) is 26.8 Å². The highest BCUT2D eigenvalue weighted by Gasteiger charge is 2.26. The molecule has 0 saturated carbocycles. The lowest BCUT2D eigenvalue weighted by Crippen LogP contribution is -2.26. The number of nitrogens with zero attached hydrogens (tertiary/aromatic N) is 2. The topological polar surface area (TPSA) is 44.1 Å². The molecule has 1 atom stereocenters. The van der Waals surface area contributed by atoms with Crippen molar-refractivity contribution in [3.05, 3.63) is 17.4 Å². The molecule has 0 spiro atoms. The van der Waals surface area contributed by atoms with Crippen molar-refractivity contribution >= 4 is 17.6 Å². The van der Waals surface area contributed by atoms with Crippen LogP contribution < -0.4 is 0 Å². The zero-order chi connectivity index (χ0) is 11.4. The van der Waals surface area contributed by atoms with Gasteiger partial charge < -0.3 is 4.74 Å². The third kappa shape index (κ3) is 2.96. The minimum Gasteiger partial charge on any atom is -0.464 e. The fourth-order valence-electron chi connectivity index (χ4n) is 1.38. The SMILES string of the molecule is CCOC(=O)C(C(C)C)n1cc(Cl)cn1. The van der Waals surface area contributed by atoms with E-state index < -0.39 is 6.04 Å². The lowest BCUT2D eigenvalue weighted by molar-refractivity contribution is -0.149. The van der Waals surface area contributed by atoms with Gasteiger partial charge >= 0.3 is 5.97 Å². The fraction of sp³-hybridized carbons (Fsp3) is 0.600. The van der Waals surface area contributed by atoms with Gasteiger partial charge in [0.05, 0.1) is 17.8 Å². The summed E-state index contributed by atoms with van der Waals surface area (Å²) in [6.45, 7) is 6.04. The van der Waals surface area contributed by atoms with Crippen molar-refractivity contribution < 1.29 is 9.53 Å². The van der Waals surface area contributed by atoms with E-state index in [4.69, 9.17) is 16.3 Å². The molecular weight excluding hydrogens is 216 g/mol. The lowest BCUT2D eigenvalue weighted by Gasteiger charge is -2.19. The van der Waals surface area contributed by atoms with Crippen molar-refractivity contribution in [2.24, 2.45) is 5.92 Å². The molecule has 1 heterocycles. The van der Waals surface area contributed by atoms with Crippen LogP contribution >= 0.6 is 11.6 Å². The predicted octanol–water partition coefficient (Wildman–Crippen LogP) is 2.30. The number of carbonyl (C=O) groups is 1. The summed E-state index contributed by atoms with van der Waals surface area (Å²) in [5, 5.41) is 4.54. The molecule has 1 unspecified atom stereocenters. The maximum Gasteiger partial charge on any atom is 0.331 e. The Labute approximate surface area is 94.2 Å². The van der Waals surface area contributed by atoms with E-state index in [-0.39, 0.29) is 11.9 Å². The first kappa shape index (κ1) is 12.0. The first-order chi connectivity index (χ1) is 7.06. The van der Waals surface area contributed by atoms with Gasteiger partial charge in [-0.15, -0.1) is 0 Å². The van der Waals surface area contributed by atoms with Crippen LogP contribution in [0.4, 0.5) is 0 Å². The summed E-state index contributed by atoms with van der Waals surface area (Å²) in [5.74, 6) is -0.160. The average molecular weight is 231 g/mol. The molecule has 15 heavy (non-hydrogen) atoms. The van der Waals surface area contributed by atoms with E-state index in [2.05, 4.69) is 5.10 Å². The molecule has 0 aromatic carbocycles. The van der Waals surface area contributed by atoms with Crippen LogP contribution in [0, 0.1) is 5.92 Å². The smallest absolute Gasteiger partial charge is 0.331 e. The molecule has 0 radical (unpaired) electrons. The van der Waals surface area contributed by atoms with Crippen LogP contribution in [-0.4, -0.2) is 22.4 Å². The Morgan fingerprint density at radius 3 is 2.73 bits per heavy atom. The van der Waals surface area contributed by atoms with Crippen molar-refractivity contribution in [3.8, 4) is 0 Å². The Bertz CT molecular complexity index is 336. The third-order valence-electron chi connectivity index (χ3n) is 2.01. The highest BCUT2D eigenvalue weighted by Crippen LogP contribution is 2.20. The fourth-order valence-corrected chi connectivity index (χ4v) is 1.52. The van der Waals surface area contributed by atoms with Gasteiger partial charge in [0.1, 0.15) is 0 Å². The quantitative estimate of drug-likeness (QED) is 0.746. The van der Waals surface area contributed by atoms with Gasteiger partial charge in [0.25, 0.3) is 0 Å². The number of hydrogen-bond acceptors (Lipinski definition) is 3. The zero-order valence-corrected chi connectivity index (χ0v) is 9.86. The minimum absolute atomic E-state index is 0.111. The average Bonchev–Trinajstić information content (AvgIpc) is 2.51. The second-order valence-electron chi connectivity index (χ2n) is 3.58. The van der Waals surface area contributed by atoms with E-state index >= 15 is 0 Å². The van der Waals surface area contributed by atoms with Gasteiger partial charge in [-0.05, 0) is 12.8 Å². The van der Waals surface area contributed by atoms with Crippen LogP contribution in [0.15, 0.2) is 12.4 Å². The summed E-state index contributed by atoms with van der Waals surface area (Å²) >= 11 is 5.76. The number of esters is 1. The first-order valence-electron chi connectivity index (χ1n) is 4.92. The van der Waals surface area contributed by atoms with Gasteiger partial charge in [-0.3, -0.25) is 4.68 Å². The molecule has 0 amide bonds. The van der Waals surface area contributed by atoms with E-state index in [1.54, 1.807) is 17.8 Å². The second-order valence-corrected chi connectivity index (χ2v) is 4.02. The Morgan fingerprint density at radius 1 is 1.67 bits per heavy atom. The van der Waals surface area contributed by atoms with E-state index in [1.165, 1.54) is 6.20 Å². The number of halogens is 1. The van der Waals surface area contributed by atoms with Gasteiger partial charge in [0, 0.05) is 6.20 Å². The minimum atomic E-state index is -0.405. The Hall–Kier alpha value is -1.03.